The van der Waals surface area contributed by atoms with Crippen LogP contribution in [-0.2, 0) is 14.3 Å². The number of carbonyl (C=O) groups is 1. The summed E-state index contributed by atoms with van der Waals surface area (Å²) in [6.07, 6.45) is 3.75. The monoisotopic (exact) mass is 332 g/mol. The Hall–Kier alpha value is -1.10. The third-order valence-electron chi connectivity index (χ3n) is 5.66. The number of benzene rings is 1. The molecule has 0 N–H and O–H groups in total. The first-order valence-electron chi connectivity index (χ1n) is 8.07. The van der Waals surface area contributed by atoms with E-state index in [1.54, 1.807) is 18.9 Å². The van der Waals surface area contributed by atoms with Gasteiger partial charge in [-0.15, -0.1) is 0 Å². The molecule has 0 heterocycles. The molecule has 2 aliphatic carbocycles. The van der Waals surface area contributed by atoms with E-state index in [9.17, 15) is 4.79 Å². The number of ketones is 1. The van der Waals surface area contributed by atoms with E-state index in [0.29, 0.717) is 0 Å². The summed E-state index contributed by atoms with van der Waals surface area (Å²) in [7, 11) is 1.59. The third-order valence-corrected chi connectivity index (χ3v) is 6.47. The van der Waals surface area contributed by atoms with Gasteiger partial charge in [0.1, 0.15) is 12.9 Å². The predicted octanol–water partition coefficient (Wildman–Crippen LogP) is 4.29. The van der Waals surface area contributed by atoms with Gasteiger partial charge in [0.25, 0.3) is 0 Å². The number of rotatable bonds is 6. The van der Waals surface area contributed by atoms with Gasteiger partial charge in [0.2, 0.25) is 0 Å². The van der Waals surface area contributed by atoms with Crippen molar-refractivity contribution in [2.45, 2.75) is 37.7 Å². The first-order chi connectivity index (χ1) is 11.0. The van der Waals surface area contributed by atoms with Crippen LogP contribution >= 0.6 is 11.8 Å². The third kappa shape index (κ3) is 2.67. The van der Waals surface area contributed by atoms with Gasteiger partial charge in [-0.05, 0) is 41.7 Å². The highest BCUT2D eigenvalue weighted by atomic mass is 32.2. The molecule has 1 aromatic carbocycles. The lowest BCUT2D eigenvalue weighted by Gasteiger charge is -2.33. The molecule has 2 bridgehead atoms. The van der Waals surface area contributed by atoms with Crippen LogP contribution in [-0.4, -0.2) is 25.8 Å². The van der Waals surface area contributed by atoms with E-state index < -0.39 is 5.41 Å². The summed E-state index contributed by atoms with van der Waals surface area (Å²) in [5.41, 5.74) is -0.478. The van der Waals surface area contributed by atoms with Crippen LogP contribution in [0.25, 0.3) is 0 Å². The highest BCUT2D eigenvalue weighted by molar-refractivity contribution is 8.02. The lowest BCUT2D eigenvalue weighted by molar-refractivity contribution is -0.146. The van der Waals surface area contributed by atoms with Crippen molar-refractivity contribution in [3.8, 4) is 0 Å². The SMILES string of the molecule is COCO[C@H]1C(=O)[C@]2(/C=C\Sc3ccccc3)CC[C@H]1C2(C)C. The van der Waals surface area contributed by atoms with E-state index in [1.807, 2.05) is 18.2 Å². The minimum absolute atomic E-state index is 0.0732. The molecule has 3 atom stereocenters. The van der Waals surface area contributed by atoms with Gasteiger partial charge in [-0.25, -0.2) is 0 Å². The maximum atomic E-state index is 13.0. The molecule has 0 amide bonds. The van der Waals surface area contributed by atoms with Crippen molar-refractivity contribution in [3.63, 3.8) is 0 Å². The van der Waals surface area contributed by atoms with Crippen molar-refractivity contribution in [2.24, 2.45) is 16.7 Å². The molecule has 3 rings (SSSR count). The van der Waals surface area contributed by atoms with Crippen LogP contribution in [0.2, 0.25) is 0 Å². The summed E-state index contributed by atoms with van der Waals surface area (Å²) >= 11 is 1.66. The number of thioether (sulfide) groups is 1. The Morgan fingerprint density at radius 3 is 2.74 bits per heavy atom. The fraction of sp³-hybridized carbons (Fsp3) is 0.526. The number of fused-ring (bicyclic) bond motifs is 2. The van der Waals surface area contributed by atoms with Crippen LogP contribution in [0.15, 0.2) is 46.7 Å². The van der Waals surface area contributed by atoms with E-state index in [4.69, 9.17) is 9.47 Å². The van der Waals surface area contributed by atoms with Crippen molar-refractivity contribution in [2.75, 3.05) is 13.9 Å². The van der Waals surface area contributed by atoms with Crippen molar-refractivity contribution < 1.29 is 14.3 Å². The molecule has 4 heteroatoms. The Bertz CT molecular complexity index is 596. The second-order valence-electron chi connectivity index (χ2n) is 6.93. The van der Waals surface area contributed by atoms with Crippen molar-refractivity contribution in [1.82, 2.24) is 0 Å². The van der Waals surface area contributed by atoms with Gasteiger partial charge in [-0.1, -0.05) is 49.9 Å². The van der Waals surface area contributed by atoms with Crippen molar-refractivity contribution >= 4 is 17.5 Å². The van der Waals surface area contributed by atoms with Crippen LogP contribution in [0.5, 0.6) is 0 Å². The number of hydrogen-bond donors (Lipinski definition) is 0. The number of allylic oxidation sites excluding steroid dienone is 1. The molecule has 0 unspecified atom stereocenters. The predicted molar refractivity (Wildman–Crippen MR) is 92.1 cm³/mol. The maximum absolute atomic E-state index is 13.0. The van der Waals surface area contributed by atoms with Crippen LogP contribution < -0.4 is 0 Å². The van der Waals surface area contributed by atoms with Crippen LogP contribution in [0.3, 0.4) is 0 Å². The Kier molecular flexibility index (Phi) is 4.68. The van der Waals surface area contributed by atoms with Gasteiger partial charge in [0.15, 0.2) is 5.78 Å². The zero-order chi connectivity index (χ0) is 16.5. The highest BCUT2D eigenvalue weighted by Crippen LogP contribution is 2.65. The van der Waals surface area contributed by atoms with Crippen LogP contribution in [0.1, 0.15) is 26.7 Å². The van der Waals surface area contributed by atoms with Crippen molar-refractivity contribution in [1.29, 1.82) is 0 Å². The van der Waals surface area contributed by atoms with Gasteiger partial charge in [-0.2, -0.15) is 0 Å². The second kappa shape index (κ2) is 6.42. The Morgan fingerprint density at radius 2 is 2.04 bits per heavy atom. The summed E-state index contributed by atoms with van der Waals surface area (Å²) in [5, 5.41) is 2.08. The van der Waals surface area contributed by atoms with Gasteiger partial charge < -0.3 is 9.47 Å². The van der Waals surface area contributed by atoms with Gasteiger partial charge in [0.05, 0.1) is 5.41 Å². The normalized spacial score (nSPS) is 32.0. The zero-order valence-electron chi connectivity index (χ0n) is 14.0. The molecule has 1 aromatic rings. The number of carbonyl (C=O) groups excluding carboxylic acids is 1. The molecule has 0 spiro atoms. The second-order valence-corrected chi connectivity index (χ2v) is 7.91. The fourth-order valence-electron chi connectivity index (χ4n) is 4.25. The van der Waals surface area contributed by atoms with Gasteiger partial charge in [0, 0.05) is 12.0 Å². The fourth-order valence-corrected chi connectivity index (χ4v) is 5.02. The molecule has 3 nitrogen and oxygen atoms in total. The Balaban J connectivity index is 1.80. The summed E-state index contributed by atoms with van der Waals surface area (Å²) in [6.45, 7) is 4.59. The summed E-state index contributed by atoms with van der Waals surface area (Å²) in [5.74, 6) is 0.497. The Labute approximate surface area is 142 Å². The van der Waals surface area contributed by atoms with E-state index in [-0.39, 0.29) is 30.0 Å². The summed E-state index contributed by atoms with van der Waals surface area (Å²) in [4.78, 5) is 14.2. The molecule has 0 saturated heterocycles. The molecule has 0 aliphatic heterocycles. The average molecular weight is 332 g/mol. The van der Waals surface area contributed by atoms with E-state index in [0.717, 1.165) is 12.8 Å². The minimum Gasteiger partial charge on any atom is -0.359 e. The topological polar surface area (TPSA) is 35.5 Å². The summed E-state index contributed by atoms with van der Waals surface area (Å²) in [6, 6.07) is 10.2. The lowest BCUT2D eigenvalue weighted by Crippen LogP contribution is -2.37. The standard InChI is InChI=1S/C19H24O3S/c1-18(2)15-9-10-19(18,17(20)16(15)22-13-21-3)11-12-23-14-7-5-4-6-8-14/h4-8,11-12,15-16H,9-10,13H2,1-3H3/b12-11-/t15-,16-,19-/m1/s1. The van der Waals surface area contributed by atoms with E-state index in [2.05, 4.69) is 37.5 Å². The molecule has 0 aromatic heterocycles. The smallest absolute Gasteiger partial charge is 0.172 e. The first-order valence-corrected chi connectivity index (χ1v) is 8.95. The summed E-state index contributed by atoms with van der Waals surface area (Å²) < 4.78 is 10.7. The number of hydrogen-bond acceptors (Lipinski definition) is 4. The average Bonchev–Trinajstić information content (AvgIpc) is 2.88. The largest absolute Gasteiger partial charge is 0.359 e. The Morgan fingerprint density at radius 1 is 1.30 bits per heavy atom. The van der Waals surface area contributed by atoms with Crippen LogP contribution in [0.4, 0.5) is 0 Å². The zero-order valence-corrected chi connectivity index (χ0v) is 14.8. The van der Waals surface area contributed by atoms with Crippen LogP contribution in [0, 0.1) is 16.7 Å². The molecule has 2 fully saturated rings. The van der Waals surface area contributed by atoms with Crippen molar-refractivity contribution in [3.05, 3.63) is 41.8 Å². The van der Waals surface area contributed by atoms with E-state index >= 15 is 0 Å². The van der Waals surface area contributed by atoms with E-state index in [1.165, 1.54) is 4.90 Å². The minimum atomic E-state index is -0.405. The number of ether oxygens (including phenoxy) is 2. The number of methoxy groups -OCH3 is 1. The molecular weight excluding hydrogens is 308 g/mol. The number of Topliss-reactive ketones (excluding diaryl/α,β-unsaturated/α-hetero) is 1. The van der Waals surface area contributed by atoms with Gasteiger partial charge in [-0.3, -0.25) is 4.79 Å². The molecule has 2 saturated carbocycles. The molecule has 0 radical (unpaired) electrons. The molecule has 23 heavy (non-hydrogen) atoms. The van der Waals surface area contributed by atoms with Gasteiger partial charge >= 0.3 is 0 Å². The molecule has 2 aliphatic rings. The quantitative estimate of drug-likeness (QED) is 0.575. The highest BCUT2D eigenvalue weighted by Gasteiger charge is 2.68. The molecule has 124 valence electrons. The first kappa shape index (κ1) is 16.7. The molecular formula is C19H24O3S. The maximum Gasteiger partial charge on any atom is 0.172 e. The lowest BCUT2D eigenvalue weighted by atomic mass is 9.69.